The normalized spacial score (nSPS) is 19.5. The second-order valence-corrected chi connectivity index (χ2v) is 7.25. The highest BCUT2D eigenvalue weighted by Crippen LogP contribution is 2.41. The molecule has 3 rings (SSSR count). The molecule has 0 aliphatic heterocycles. The Morgan fingerprint density at radius 1 is 1.19 bits per heavy atom. The highest BCUT2D eigenvalue weighted by molar-refractivity contribution is 5.80. The first kappa shape index (κ1) is 18.4. The van der Waals surface area contributed by atoms with Gasteiger partial charge in [-0.1, -0.05) is 44.2 Å². The molecule has 1 aliphatic rings. The predicted octanol–water partition coefficient (Wildman–Crippen LogP) is 3.86. The number of pyridine rings is 1. The molecule has 0 spiro atoms. The van der Waals surface area contributed by atoms with Gasteiger partial charge in [-0.2, -0.15) is 0 Å². The standard InChI is InChI=1S/C22H30N4/c1-4-23-22(25-14-12-19-7-5-6-13-24-19)26-21-15-20(21)18-10-8-17(9-11-18)16(2)3/h5-11,13,16,20-21H,4,12,14-15H2,1-3H3,(H2,23,25,26). The Bertz CT molecular complexity index is 707. The van der Waals surface area contributed by atoms with Crippen molar-refractivity contribution >= 4 is 5.96 Å². The van der Waals surface area contributed by atoms with Crippen LogP contribution in [0.3, 0.4) is 0 Å². The number of guanidine groups is 1. The van der Waals surface area contributed by atoms with Gasteiger partial charge in [-0.05, 0) is 42.5 Å². The summed E-state index contributed by atoms with van der Waals surface area (Å²) in [6, 6.07) is 15.6. The van der Waals surface area contributed by atoms with Crippen molar-refractivity contribution in [2.75, 3.05) is 13.1 Å². The number of hydrogen-bond acceptors (Lipinski definition) is 2. The highest BCUT2D eigenvalue weighted by Gasteiger charge is 2.38. The molecule has 2 unspecified atom stereocenters. The monoisotopic (exact) mass is 350 g/mol. The molecule has 26 heavy (non-hydrogen) atoms. The SMILES string of the molecule is CCNC(=NCCc1ccccn1)NC1CC1c1ccc(C(C)C)cc1. The lowest BCUT2D eigenvalue weighted by molar-refractivity contribution is 0.789. The maximum Gasteiger partial charge on any atom is 0.191 e. The lowest BCUT2D eigenvalue weighted by Gasteiger charge is -2.12. The third-order valence-electron chi connectivity index (χ3n) is 4.85. The molecule has 0 radical (unpaired) electrons. The number of nitrogens with one attached hydrogen (secondary N) is 2. The van der Waals surface area contributed by atoms with Crippen LogP contribution in [0, 0.1) is 0 Å². The molecule has 0 amide bonds. The topological polar surface area (TPSA) is 49.3 Å². The van der Waals surface area contributed by atoms with Gasteiger partial charge in [0.05, 0.1) is 0 Å². The van der Waals surface area contributed by atoms with Crippen molar-refractivity contribution in [2.45, 2.75) is 51.5 Å². The molecular formula is C22H30N4. The van der Waals surface area contributed by atoms with E-state index in [2.05, 4.69) is 60.7 Å². The number of aromatic nitrogens is 1. The largest absolute Gasteiger partial charge is 0.357 e. The first-order valence-corrected chi connectivity index (χ1v) is 9.72. The lowest BCUT2D eigenvalue weighted by atomic mass is 10.0. The Labute approximate surface area is 157 Å². The number of nitrogens with zero attached hydrogens (tertiary/aromatic N) is 2. The van der Waals surface area contributed by atoms with Crippen LogP contribution in [0.1, 0.15) is 55.8 Å². The quantitative estimate of drug-likeness (QED) is 0.589. The maximum absolute atomic E-state index is 4.71. The Kier molecular flexibility index (Phi) is 6.26. The first-order valence-electron chi connectivity index (χ1n) is 9.72. The minimum atomic E-state index is 0.479. The van der Waals surface area contributed by atoms with Crippen LogP contribution in [0.5, 0.6) is 0 Å². The summed E-state index contributed by atoms with van der Waals surface area (Å²) in [6.45, 7) is 8.19. The fraction of sp³-hybridized carbons (Fsp3) is 0.455. The van der Waals surface area contributed by atoms with Gasteiger partial charge < -0.3 is 10.6 Å². The third kappa shape index (κ3) is 5.07. The Balaban J connectivity index is 1.53. The zero-order chi connectivity index (χ0) is 18.4. The maximum atomic E-state index is 4.71. The highest BCUT2D eigenvalue weighted by atomic mass is 15.2. The van der Waals surface area contributed by atoms with Gasteiger partial charge in [-0.25, -0.2) is 0 Å². The van der Waals surface area contributed by atoms with Gasteiger partial charge in [0.25, 0.3) is 0 Å². The van der Waals surface area contributed by atoms with Crippen LogP contribution >= 0.6 is 0 Å². The van der Waals surface area contributed by atoms with Crippen LogP contribution < -0.4 is 10.6 Å². The van der Waals surface area contributed by atoms with Gasteiger partial charge in [0, 0.05) is 43.4 Å². The molecular weight excluding hydrogens is 320 g/mol. The van der Waals surface area contributed by atoms with Crippen LogP contribution in [0.2, 0.25) is 0 Å². The van der Waals surface area contributed by atoms with E-state index in [1.165, 1.54) is 17.5 Å². The first-order chi connectivity index (χ1) is 12.7. The van der Waals surface area contributed by atoms with Gasteiger partial charge in [0.15, 0.2) is 5.96 Å². The van der Waals surface area contributed by atoms with E-state index in [0.29, 0.717) is 17.9 Å². The fourth-order valence-electron chi connectivity index (χ4n) is 3.17. The van der Waals surface area contributed by atoms with Crippen molar-refractivity contribution in [1.29, 1.82) is 0 Å². The van der Waals surface area contributed by atoms with E-state index in [1.54, 1.807) is 0 Å². The summed E-state index contributed by atoms with van der Waals surface area (Å²) < 4.78 is 0. The van der Waals surface area contributed by atoms with Gasteiger partial charge in [-0.15, -0.1) is 0 Å². The molecule has 1 aliphatic carbocycles. The number of benzene rings is 1. The number of rotatable bonds is 7. The molecule has 1 heterocycles. The van der Waals surface area contributed by atoms with E-state index in [1.807, 2.05) is 24.4 Å². The van der Waals surface area contributed by atoms with Crippen molar-refractivity contribution in [3.8, 4) is 0 Å². The molecule has 2 aromatic rings. The van der Waals surface area contributed by atoms with Crippen LogP contribution in [0.25, 0.3) is 0 Å². The van der Waals surface area contributed by atoms with E-state index in [-0.39, 0.29) is 0 Å². The van der Waals surface area contributed by atoms with Crippen molar-refractivity contribution in [3.05, 3.63) is 65.5 Å². The molecule has 2 atom stereocenters. The molecule has 0 bridgehead atoms. The summed E-state index contributed by atoms with van der Waals surface area (Å²) in [5.41, 5.74) is 3.92. The summed E-state index contributed by atoms with van der Waals surface area (Å²) in [6.07, 6.45) is 3.87. The smallest absolute Gasteiger partial charge is 0.191 e. The van der Waals surface area contributed by atoms with E-state index in [0.717, 1.165) is 31.2 Å². The Morgan fingerprint density at radius 3 is 2.65 bits per heavy atom. The van der Waals surface area contributed by atoms with Crippen LogP contribution in [-0.2, 0) is 6.42 Å². The minimum absolute atomic E-state index is 0.479. The molecule has 4 nitrogen and oxygen atoms in total. The molecule has 4 heteroatoms. The summed E-state index contributed by atoms with van der Waals surface area (Å²) in [5.74, 6) is 2.09. The summed E-state index contributed by atoms with van der Waals surface area (Å²) in [5, 5.41) is 6.94. The van der Waals surface area contributed by atoms with Crippen molar-refractivity contribution in [3.63, 3.8) is 0 Å². The lowest BCUT2D eigenvalue weighted by Crippen LogP contribution is -2.39. The van der Waals surface area contributed by atoms with E-state index >= 15 is 0 Å². The van der Waals surface area contributed by atoms with Crippen molar-refractivity contribution < 1.29 is 0 Å². The van der Waals surface area contributed by atoms with Crippen LogP contribution in [0.15, 0.2) is 53.7 Å². The summed E-state index contributed by atoms with van der Waals surface area (Å²) >= 11 is 0. The van der Waals surface area contributed by atoms with Crippen molar-refractivity contribution in [2.24, 2.45) is 4.99 Å². The fourth-order valence-corrected chi connectivity index (χ4v) is 3.17. The second kappa shape index (κ2) is 8.84. The van der Waals surface area contributed by atoms with Gasteiger partial charge in [0.1, 0.15) is 0 Å². The third-order valence-corrected chi connectivity index (χ3v) is 4.85. The summed E-state index contributed by atoms with van der Waals surface area (Å²) in [7, 11) is 0. The average Bonchev–Trinajstić information content (AvgIpc) is 3.42. The zero-order valence-electron chi connectivity index (χ0n) is 16.1. The molecule has 0 saturated heterocycles. The molecule has 1 saturated carbocycles. The van der Waals surface area contributed by atoms with Gasteiger partial charge in [-0.3, -0.25) is 9.98 Å². The molecule has 1 fully saturated rings. The van der Waals surface area contributed by atoms with Crippen LogP contribution in [0.4, 0.5) is 0 Å². The van der Waals surface area contributed by atoms with Gasteiger partial charge >= 0.3 is 0 Å². The van der Waals surface area contributed by atoms with E-state index < -0.39 is 0 Å². The second-order valence-electron chi connectivity index (χ2n) is 7.25. The molecule has 1 aromatic heterocycles. The molecule has 1 aromatic carbocycles. The number of aliphatic imine (C=N–C) groups is 1. The summed E-state index contributed by atoms with van der Waals surface area (Å²) in [4.78, 5) is 9.06. The molecule has 138 valence electrons. The minimum Gasteiger partial charge on any atom is -0.357 e. The Hall–Kier alpha value is -2.36. The Morgan fingerprint density at radius 2 is 2.00 bits per heavy atom. The van der Waals surface area contributed by atoms with Gasteiger partial charge in [0.2, 0.25) is 0 Å². The predicted molar refractivity (Wildman–Crippen MR) is 109 cm³/mol. The van der Waals surface area contributed by atoms with Crippen molar-refractivity contribution in [1.82, 2.24) is 15.6 Å². The molecule has 2 N–H and O–H groups in total. The average molecular weight is 351 g/mol. The van der Waals surface area contributed by atoms with Crippen LogP contribution in [-0.4, -0.2) is 30.1 Å². The van der Waals surface area contributed by atoms with E-state index in [9.17, 15) is 0 Å². The zero-order valence-corrected chi connectivity index (χ0v) is 16.1. The van der Waals surface area contributed by atoms with E-state index in [4.69, 9.17) is 4.99 Å². The number of hydrogen-bond donors (Lipinski definition) is 2.